The predicted molar refractivity (Wildman–Crippen MR) is 88.9 cm³/mol. The lowest BCUT2D eigenvalue weighted by Crippen LogP contribution is -2.36. The number of hydrogen-bond donors (Lipinski definition) is 0. The third-order valence-corrected chi connectivity index (χ3v) is 6.00. The Morgan fingerprint density at radius 2 is 1.92 bits per heavy atom. The average Bonchev–Trinajstić information content (AvgIpc) is 3.19. The second kappa shape index (κ2) is 6.76. The van der Waals surface area contributed by atoms with Crippen molar-refractivity contribution >= 4 is 15.7 Å². The van der Waals surface area contributed by atoms with Crippen LogP contribution in [-0.4, -0.2) is 37.5 Å². The molecule has 24 heavy (non-hydrogen) atoms. The Labute approximate surface area is 141 Å². The van der Waals surface area contributed by atoms with Crippen molar-refractivity contribution in [2.45, 2.75) is 30.8 Å². The molecule has 0 bridgehead atoms. The molecule has 0 unspecified atom stereocenters. The molecule has 1 aliphatic rings. The smallest absolute Gasteiger partial charge is 0.245 e. The molecule has 0 N–H and O–H groups in total. The summed E-state index contributed by atoms with van der Waals surface area (Å²) >= 11 is 0. The van der Waals surface area contributed by atoms with E-state index in [9.17, 15) is 13.2 Å². The van der Waals surface area contributed by atoms with E-state index in [0.29, 0.717) is 24.3 Å². The summed E-state index contributed by atoms with van der Waals surface area (Å²) in [5.74, 6) is -0.440. The first-order valence-corrected chi connectivity index (χ1v) is 9.66. The Balaban J connectivity index is 1.95. The topological polar surface area (TPSA) is 80.5 Å². The molecular formula is C17H20N2O4S. The van der Waals surface area contributed by atoms with Gasteiger partial charge in [0.15, 0.2) is 20.8 Å². The maximum absolute atomic E-state index is 13.0. The van der Waals surface area contributed by atoms with Gasteiger partial charge >= 0.3 is 0 Å². The molecule has 2 heterocycles. The van der Waals surface area contributed by atoms with Gasteiger partial charge in [-0.15, -0.1) is 0 Å². The Hall–Kier alpha value is -2.15. The minimum absolute atomic E-state index is 0.252. The number of rotatable bonds is 5. The van der Waals surface area contributed by atoms with E-state index < -0.39 is 15.1 Å². The van der Waals surface area contributed by atoms with Gasteiger partial charge in [0.25, 0.3) is 0 Å². The van der Waals surface area contributed by atoms with Gasteiger partial charge < -0.3 is 9.42 Å². The number of nitrogens with zero attached hydrogens (tertiary/aromatic N) is 2. The van der Waals surface area contributed by atoms with Crippen LogP contribution in [0.4, 0.5) is 0 Å². The van der Waals surface area contributed by atoms with Crippen LogP contribution in [0.5, 0.6) is 0 Å². The maximum Gasteiger partial charge on any atom is 0.245 e. The lowest BCUT2D eigenvalue weighted by Gasteiger charge is -2.23. The summed E-state index contributed by atoms with van der Waals surface area (Å²) in [6.07, 6.45) is 1.82. The fourth-order valence-electron chi connectivity index (χ4n) is 3.00. The quantitative estimate of drug-likeness (QED) is 0.828. The number of aryl methyl sites for hydroxylation is 1. The molecule has 1 atom stereocenters. The number of likely N-dealkylation sites (tertiary alicyclic amines) is 1. The molecule has 0 radical (unpaired) electrons. The molecule has 0 aliphatic carbocycles. The van der Waals surface area contributed by atoms with E-state index in [1.165, 1.54) is 0 Å². The third-order valence-electron chi connectivity index (χ3n) is 4.12. The van der Waals surface area contributed by atoms with Crippen LogP contribution in [0, 0.1) is 6.92 Å². The van der Waals surface area contributed by atoms with Crippen molar-refractivity contribution in [2.75, 3.05) is 13.1 Å². The highest BCUT2D eigenvalue weighted by Gasteiger charge is 2.38. The molecule has 1 aromatic heterocycles. The zero-order valence-electron chi connectivity index (χ0n) is 13.5. The minimum atomic E-state index is -3.78. The zero-order chi connectivity index (χ0) is 17.2. The van der Waals surface area contributed by atoms with Crippen LogP contribution in [0.25, 0.3) is 0 Å². The van der Waals surface area contributed by atoms with Gasteiger partial charge in [-0.3, -0.25) is 4.79 Å². The van der Waals surface area contributed by atoms with Crippen LogP contribution in [0.15, 0.2) is 40.9 Å². The molecule has 1 saturated heterocycles. The van der Waals surface area contributed by atoms with Crippen molar-refractivity contribution in [3.63, 3.8) is 0 Å². The van der Waals surface area contributed by atoms with Crippen molar-refractivity contribution in [2.24, 2.45) is 0 Å². The van der Waals surface area contributed by atoms with Crippen LogP contribution in [0.2, 0.25) is 0 Å². The Bertz CT molecular complexity index is 808. The summed E-state index contributed by atoms with van der Waals surface area (Å²) in [4.78, 5) is 14.5. The summed E-state index contributed by atoms with van der Waals surface area (Å²) in [5.41, 5.74) is 1.10. The van der Waals surface area contributed by atoms with E-state index in [1.54, 1.807) is 48.2 Å². The van der Waals surface area contributed by atoms with Crippen LogP contribution < -0.4 is 0 Å². The molecule has 6 nitrogen and oxygen atoms in total. The SMILES string of the molecule is Cc1cc(CS(=O)(=O)[C@H](C(=O)N2CCCC2)c2ccccc2)on1. The van der Waals surface area contributed by atoms with Gasteiger partial charge in [0.1, 0.15) is 5.75 Å². The summed E-state index contributed by atoms with van der Waals surface area (Å²) in [5, 5.41) is 2.51. The van der Waals surface area contributed by atoms with Crippen LogP contribution >= 0.6 is 0 Å². The Morgan fingerprint density at radius 3 is 2.50 bits per heavy atom. The molecule has 128 valence electrons. The molecule has 1 amide bonds. The summed E-state index contributed by atoms with van der Waals surface area (Å²) in [6, 6.07) is 10.2. The van der Waals surface area contributed by atoms with Crippen LogP contribution in [-0.2, 0) is 20.4 Å². The van der Waals surface area contributed by atoms with Crippen molar-refractivity contribution < 1.29 is 17.7 Å². The summed E-state index contributed by atoms with van der Waals surface area (Å²) < 4.78 is 31.0. The van der Waals surface area contributed by atoms with E-state index in [-0.39, 0.29) is 17.4 Å². The van der Waals surface area contributed by atoms with Gasteiger partial charge in [-0.2, -0.15) is 0 Å². The number of amides is 1. The maximum atomic E-state index is 13.0. The Morgan fingerprint density at radius 1 is 1.25 bits per heavy atom. The number of benzene rings is 1. The molecule has 1 aliphatic heterocycles. The number of carbonyl (C=O) groups excluding carboxylic acids is 1. The van der Waals surface area contributed by atoms with E-state index in [0.717, 1.165) is 12.8 Å². The fourth-order valence-corrected chi connectivity index (χ4v) is 4.73. The lowest BCUT2D eigenvalue weighted by atomic mass is 10.1. The zero-order valence-corrected chi connectivity index (χ0v) is 14.3. The lowest BCUT2D eigenvalue weighted by molar-refractivity contribution is -0.129. The fraction of sp³-hybridized carbons (Fsp3) is 0.412. The first-order chi connectivity index (χ1) is 11.5. The van der Waals surface area contributed by atoms with Gasteiger partial charge in [0.2, 0.25) is 5.91 Å². The van der Waals surface area contributed by atoms with Gasteiger partial charge in [0.05, 0.1) is 5.69 Å². The molecule has 1 fully saturated rings. The number of carbonyl (C=O) groups is 1. The molecule has 3 rings (SSSR count). The average molecular weight is 348 g/mol. The first-order valence-electron chi connectivity index (χ1n) is 7.95. The van der Waals surface area contributed by atoms with E-state index in [1.807, 2.05) is 0 Å². The van der Waals surface area contributed by atoms with Crippen molar-refractivity contribution in [1.29, 1.82) is 0 Å². The number of sulfone groups is 1. The Kier molecular flexibility index (Phi) is 4.71. The monoisotopic (exact) mass is 348 g/mol. The number of hydrogen-bond acceptors (Lipinski definition) is 5. The predicted octanol–water partition coefficient (Wildman–Crippen LogP) is 2.26. The molecule has 0 saturated carbocycles. The van der Waals surface area contributed by atoms with E-state index in [2.05, 4.69) is 5.16 Å². The van der Waals surface area contributed by atoms with Crippen LogP contribution in [0.3, 0.4) is 0 Å². The first kappa shape index (κ1) is 16.7. The largest absolute Gasteiger partial charge is 0.360 e. The third kappa shape index (κ3) is 3.51. The molecule has 7 heteroatoms. The van der Waals surface area contributed by atoms with Gasteiger partial charge in [0, 0.05) is 19.2 Å². The standard InChI is InChI=1S/C17H20N2O4S/c1-13-11-15(23-18-13)12-24(21,22)16(14-7-3-2-4-8-14)17(20)19-9-5-6-10-19/h2-4,7-8,11,16H,5-6,9-10,12H2,1H3/t16-/m0/s1. The molecule has 0 spiro atoms. The van der Waals surface area contributed by atoms with E-state index >= 15 is 0 Å². The second-order valence-corrected chi connectivity index (χ2v) is 8.15. The highest BCUT2D eigenvalue weighted by molar-refractivity contribution is 7.91. The molecule has 1 aromatic carbocycles. The van der Waals surface area contributed by atoms with E-state index in [4.69, 9.17) is 4.52 Å². The number of aromatic nitrogens is 1. The minimum Gasteiger partial charge on any atom is -0.360 e. The normalized spacial score (nSPS) is 16.3. The summed E-state index contributed by atoms with van der Waals surface area (Å²) in [7, 11) is -3.78. The molecule has 2 aromatic rings. The highest BCUT2D eigenvalue weighted by Crippen LogP contribution is 2.29. The van der Waals surface area contributed by atoms with Gasteiger partial charge in [-0.25, -0.2) is 8.42 Å². The summed E-state index contributed by atoms with van der Waals surface area (Å²) in [6.45, 7) is 2.95. The van der Waals surface area contributed by atoms with Crippen molar-refractivity contribution in [3.8, 4) is 0 Å². The van der Waals surface area contributed by atoms with Crippen molar-refractivity contribution in [3.05, 3.63) is 53.4 Å². The van der Waals surface area contributed by atoms with Crippen LogP contribution in [0.1, 0.15) is 35.1 Å². The van der Waals surface area contributed by atoms with Gasteiger partial charge in [-0.05, 0) is 25.3 Å². The highest BCUT2D eigenvalue weighted by atomic mass is 32.2. The van der Waals surface area contributed by atoms with Crippen molar-refractivity contribution in [1.82, 2.24) is 10.1 Å². The molecular weight excluding hydrogens is 328 g/mol. The van der Waals surface area contributed by atoms with Gasteiger partial charge in [-0.1, -0.05) is 35.5 Å². The second-order valence-electron chi connectivity index (χ2n) is 6.06.